The van der Waals surface area contributed by atoms with Gasteiger partial charge in [0.05, 0.1) is 29.7 Å². The lowest BCUT2D eigenvalue weighted by Crippen LogP contribution is -2.47. The standard InChI is InChI=1S/C21H30N4O6S/c1-15-11-17-18(31-14-20(26)23-17)12-19(15)32(28,29)25-5-2-3-16(13-25)21(27)22-4-6-24-7-9-30-10-8-24/h11-12,16H,2-10,13-14H2,1H3,(H,22,27)(H,23,26)/t16-/m0/s1. The summed E-state index contributed by atoms with van der Waals surface area (Å²) in [4.78, 5) is 26.6. The van der Waals surface area contributed by atoms with Crippen LogP contribution in [0.2, 0.25) is 0 Å². The van der Waals surface area contributed by atoms with E-state index in [4.69, 9.17) is 9.47 Å². The van der Waals surface area contributed by atoms with Gasteiger partial charge in [0.2, 0.25) is 15.9 Å². The van der Waals surface area contributed by atoms with Crippen molar-refractivity contribution in [3.05, 3.63) is 17.7 Å². The summed E-state index contributed by atoms with van der Waals surface area (Å²) < 4.78 is 38.9. The Morgan fingerprint density at radius 2 is 2.03 bits per heavy atom. The maximum atomic E-state index is 13.4. The Kier molecular flexibility index (Phi) is 6.99. The molecule has 0 bridgehead atoms. The van der Waals surface area contributed by atoms with Crippen LogP contribution in [-0.4, -0.2) is 88.5 Å². The molecule has 0 aromatic heterocycles. The van der Waals surface area contributed by atoms with Gasteiger partial charge in [-0.1, -0.05) is 0 Å². The van der Waals surface area contributed by atoms with Crippen molar-refractivity contribution in [3.8, 4) is 5.75 Å². The lowest BCUT2D eigenvalue weighted by Gasteiger charge is -2.32. The monoisotopic (exact) mass is 466 g/mol. The summed E-state index contributed by atoms with van der Waals surface area (Å²) in [5, 5.41) is 5.65. The lowest BCUT2D eigenvalue weighted by molar-refractivity contribution is -0.126. The highest BCUT2D eigenvalue weighted by molar-refractivity contribution is 7.89. The molecule has 10 nitrogen and oxygen atoms in total. The number of fused-ring (bicyclic) bond motifs is 1. The number of nitrogens with zero attached hydrogens (tertiary/aromatic N) is 2. The van der Waals surface area contributed by atoms with Gasteiger partial charge in [-0.15, -0.1) is 0 Å². The van der Waals surface area contributed by atoms with Gasteiger partial charge >= 0.3 is 0 Å². The fourth-order valence-electron chi connectivity index (χ4n) is 4.31. The second-order valence-corrected chi connectivity index (χ2v) is 10.3. The van der Waals surface area contributed by atoms with Crippen LogP contribution in [0.3, 0.4) is 0 Å². The molecule has 32 heavy (non-hydrogen) atoms. The highest BCUT2D eigenvalue weighted by Gasteiger charge is 2.35. The quantitative estimate of drug-likeness (QED) is 0.614. The summed E-state index contributed by atoms with van der Waals surface area (Å²) in [7, 11) is -3.81. The Morgan fingerprint density at radius 3 is 2.81 bits per heavy atom. The average Bonchev–Trinajstić information content (AvgIpc) is 2.79. The molecule has 2 saturated heterocycles. The average molecular weight is 467 g/mol. The van der Waals surface area contributed by atoms with Crippen LogP contribution >= 0.6 is 0 Å². The first kappa shape index (κ1) is 23.0. The van der Waals surface area contributed by atoms with E-state index in [1.165, 1.54) is 10.4 Å². The van der Waals surface area contributed by atoms with Crippen molar-refractivity contribution < 1.29 is 27.5 Å². The third-order valence-electron chi connectivity index (χ3n) is 6.11. The number of carbonyl (C=O) groups is 2. The third-order valence-corrected chi connectivity index (χ3v) is 8.12. The Labute approximate surface area is 188 Å². The fourth-order valence-corrected chi connectivity index (χ4v) is 6.06. The van der Waals surface area contributed by atoms with Crippen LogP contribution in [0.5, 0.6) is 5.75 Å². The number of morpholine rings is 1. The van der Waals surface area contributed by atoms with Crippen molar-refractivity contribution in [1.82, 2.24) is 14.5 Å². The molecular formula is C21H30N4O6S. The summed E-state index contributed by atoms with van der Waals surface area (Å²) in [6.45, 7) is 6.50. The minimum Gasteiger partial charge on any atom is -0.482 e. The minimum absolute atomic E-state index is 0.105. The number of carbonyl (C=O) groups excluding carboxylic acids is 2. The van der Waals surface area contributed by atoms with E-state index in [1.54, 1.807) is 13.0 Å². The lowest BCUT2D eigenvalue weighted by atomic mass is 9.99. The van der Waals surface area contributed by atoms with E-state index >= 15 is 0 Å². The molecule has 2 N–H and O–H groups in total. The Hall–Kier alpha value is -2.21. The first-order valence-corrected chi connectivity index (χ1v) is 12.4. The SMILES string of the molecule is Cc1cc2c(cc1S(=O)(=O)N1CCC[C@H](C(=O)NCCN3CCOCC3)C1)OCC(=O)N2. The van der Waals surface area contributed by atoms with Gasteiger partial charge in [-0.2, -0.15) is 4.31 Å². The highest BCUT2D eigenvalue weighted by Crippen LogP contribution is 2.35. The molecule has 0 unspecified atom stereocenters. The zero-order valence-electron chi connectivity index (χ0n) is 18.3. The van der Waals surface area contributed by atoms with Crippen LogP contribution in [0.25, 0.3) is 0 Å². The molecule has 11 heteroatoms. The molecular weight excluding hydrogens is 436 g/mol. The summed E-state index contributed by atoms with van der Waals surface area (Å²) in [5.74, 6) is -0.419. The second-order valence-electron chi connectivity index (χ2n) is 8.40. The molecule has 3 aliphatic heterocycles. The van der Waals surface area contributed by atoms with Crippen molar-refractivity contribution >= 4 is 27.5 Å². The number of nitrogens with one attached hydrogen (secondary N) is 2. The largest absolute Gasteiger partial charge is 0.482 e. The summed E-state index contributed by atoms with van der Waals surface area (Å²) in [6.07, 6.45) is 1.28. The maximum absolute atomic E-state index is 13.4. The van der Waals surface area contributed by atoms with E-state index in [9.17, 15) is 18.0 Å². The molecule has 0 spiro atoms. The van der Waals surface area contributed by atoms with Gasteiger partial charge in [0.15, 0.2) is 6.61 Å². The molecule has 1 aromatic carbocycles. The van der Waals surface area contributed by atoms with E-state index in [-0.39, 0.29) is 35.8 Å². The van der Waals surface area contributed by atoms with Crippen LogP contribution in [0, 0.1) is 12.8 Å². The number of rotatable bonds is 6. The normalized spacial score (nSPS) is 22.5. The van der Waals surface area contributed by atoms with Crippen LogP contribution in [0.1, 0.15) is 18.4 Å². The van der Waals surface area contributed by atoms with Crippen LogP contribution in [0.4, 0.5) is 5.69 Å². The molecule has 0 radical (unpaired) electrons. The topological polar surface area (TPSA) is 117 Å². The van der Waals surface area contributed by atoms with Gasteiger partial charge in [-0.25, -0.2) is 8.42 Å². The number of hydrogen-bond acceptors (Lipinski definition) is 7. The van der Waals surface area contributed by atoms with Crippen LogP contribution in [0.15, 0.2) is 17.0 Å². The molecule has 0 aliphatic carbocycles. The number of hydrogen-bond donors (Lipinski definition) is 2. The van der Waals surface area contributed by atoms with Crippen molar-refractivity contribution in [2.45, 2.75) is 24.7 Å². The molecule has 2 fully saturated rings. The summed E-state index contributed by atoms with van der Waals surface area (Å²) in [6, 6.07) is 3.07. The zero-order valence-corrected chi connectivity index (χ0v) is 19.1. The predicted molar refractivity (Wildman–Crippen MR) is 117 cm³/mol. The molecule has 2 amide bonds. The third kappa shape index (κ3) is 5.06. The number of sulfonamides is 1. The van der Waals surface area contributed by atoms with Crippen molar-refractivity contribution in [1.29, 1.82) is 0 Å². The van der Waals surface area contributed by atoms with Gasteiger partial charge in [-0.3, -0.25) is 14.5 Å². The number of aryl methyl sites for hydroxylation is 1. The Balaban J connectivity index is 1.40. The molecule has 1 aromatic rings. The van der Waals surface area contributed by atoms with E-state index in [2.05, 4.69) is 15.5 Å². The number of ether oxygens (including phenoxy) is 2. The smallest absolute Gasteiger partial charge is 0.262 e. The number of benzene rings is 1. The molecule has 3 heterocycles. The van der Waals surface area contributed by atoms with E-state index in [0.29, 0.717) is 56.1 Å². The molecule has 0 saturated carbocycles. The minimum atomic E-state index is -3.81. The zero-order chi connectivity index (χ0) is 22.7. The van der Waals surface area contributed by atoms with Crippen molar-refractivity contribution in [3.63, 3.8) is 0 Å². The molecule has 4 rings (SSSR count). The first-order valence-electron chi connectivity index (χ1n) is 11.0. The molecule has 1 atom stereocenters. The summed E-state index contributed by atoms with van der Waals surface area (Å²) in [5.41, 5.74) is 0.987. The second kappa shape index (κ2) is 9.74. The van der Waals surface area contributed by atoms with Gasteiger partial charge in [0.25, 0.3) is 5.91 Å². The predicted octanol–water partition coefficient (Wildman–Crippen LogP) is 0.175. The van der Waals surface area contributed by atoms with Gasteiger partial charge in [0.1, 0.15) is 5.75 Å². The molecule has 3 aliphatic rings. The Bertz CT molecular complexity index is 977. The number of piperidine rings is 1. The van der Waals surface area contributed by atoms with E-state index in [1.807, 2.05) is 0 Å². The molecule has 176 valence electrons. The number of anilines is 1. The van der Waals surface area contributed by atoms with E-state index < -0.39 is 10.0 Å². The summed E-state index contributed by atoms with van der Waals surface area (Å²) >= 11 is 0. The van der Waals surface area contributed by atoms with Gasteiger partial charge < -0.3 is 20.1 Å². The van der Waals surface area contributed by atoms with Gasteiger partial charge in [-0.05, 0) is 31.4 Å². The van der Waals surface area contributed by atoms with Crippen LogP contribution < -0.4 is 15.4 Å². The van der Waals surface area contributed by atoms with Gasteiger partial charge in [0, 0.05) is 45.3 Å². The first-order chi connectivity index (χ1) is 15.3. The van der Waals surface area contributed by atoms with Crippen LogP contribution in [-0.2, 0) is 24.3 Å². The Morgan fingerprint density at radius 1 is 1.25 bits per heavy atom. The van der Waals surface area contributed by atoms with Crippen molar-refractivity contribution in [2.75, 3.05) is 64.4 Å². The van der Waals surface area contributed by atoms with Crippen molar-refractivity contribution in [2.24, 2.45) is 5.92 Å². The fraction of sp³-hybridized carbons (Fsp3) is 0.619. The number of amides is 2. The van der Waals surface area contributed by atoms with E-state index in [0.717, 1.165) is 19.6 Å². The maximum Gasteiger partial charge on any atom is 0.262 e. The highest BCUT2D eigenvalue weighted by atomic mass is 32.2.